The van der Waals surface area contributed by atoms with E-state index in [4.69, 9.17) is 5.11 Å². The second-order valence-corrected chi connectivity index (χ2v) is 3.45. The fraction of sp³-hybridized carbons (Fsp3) is 0.600. The maximum absolute atomic E-state index is 11.6. The quantitative estimate of drug-likeness (QED) is 0.675. The van der Waals surface area contributed by atoms with Crippen LogP contribution in [-0.2, 0) is 9.59 Å². The number of carboxylic acids is 1. The smallest absolute Gasteiger partial charge is 0.326 e. The van der Waals surface area contributed by atoms with Gasteiger partial charge in [0.15, 0.2) is 0 Å². The standard InChI is InChI=1S/C10H17NO3/c1-5-6-11(8(4)10(13)14)9(12)7(2)3/h5,7-8H,1,6H2,2-4H3,(H,13,14)/t8-/m0/s1. The number of carbonyl (C=O) groups excluding carboxylic acids is 1. The van der Waals surface area contributed by atoms with Crippen molar-refractivity contribution in [2.75, 3.05) is 6.54 Å². The Kier molecular flexibility index (Phi) is 4.91. The van der Waals surface area contributed by atoms with Gasteiger partial charge in [0.2, 0.25) is 5.91 Å². The van der Waals surface area contributed by atoms with Crippen molar-refractivity contribution in [3.05, 3.63) is 12.7 Å². The monoisotopic (exact) mass is 199 g/mol. The van der Waals surface area contributed by atoms with Crippen molar-refractivity contribution in [3.8, 4) is 0 Å². The van der Waals surface area contributed by atoms with E-state index in [1.54, 1.807) is 13.8 Å². The van der Waals surface area contributed by atoms with Gasteiger partial charge in [-0.3, -0.25) is 4.79 Å². The molecule has 0 rings (SSSR count). The third kappa shape index (κ3) is 3.20. The zero-order chi connectivity index (χ0) is 11.3. The molecule has 4 heteroatoms. The molecule has 0 fully saturated rings. The second kappa shape index (κ2) is 5.42. The molecular weight excluding hydrogens is 182 g/mol. The third-order valence-corrected chi connectivity index (χ3v) is 1.93. The highest BCUT2D eigenvalue weighted by atomic mass is 16.4. The van der Waals surface area contributed by atoms with Crippen molar-refractivity contribution in [1.29, 1.82) is 0 Å². The van der Waals surface area contributed by atoms with Gasteiger partial charge >= 0.3 is 5.97 Å². The van der Waals surface area contributed by atoms with Crippen LogP contribution in [0.3, 0.4) is 0 Å². The first kappa shape index (κ1) is 12.7. The maximum atomic E-state index is 11.6. The number of amides is 1. The zero-order valence-electron chi connectivity index (χ0n) is 8.86. The van der Waals surface area contributed by atoms with Crippen LogP contribution < -0.4 is 0 Å². The van der Waals surface area contributed by atoms with E-state index in [1.165, 1.54) is 17.9 Å². The average molecular weight is 199 g/mol. The molecule has 80 valence electrons. The van der Waals surface area contributed by atoms with Crippen molar-refractivity contribution in [2.45, 2.75) is 26.8 Å². The van der Waals surface area contributed by atoms with E-state index >= 15 is 0 Å². The molecular formula is C10H17NO3. The van der Waals surface area contributed by atoms with Crippen LogP contribution in [0.5, 0.6) is 0 Å². The summed E-state index contributed by atoms with van der Waals surface area (Å²) < 4.78 is 0. The van der Waals surface area contributed by atoms with Gasteiger partial charge in [-0.25, -0.2) is 4.79 Å². The van der Waals surface area contributed by atoms with Crippen LogP contribution in [-0.4, -0.2) is 34.5 Å². The Balaban J connectivity index is 4.66. The van der Waals surface area contributed by atoms with Gasteiger partial charge in [0, 0.05) is 12.5 Å². The summed E-state index contributed by atoms with van der Waals surface area (Å²) in [6.45, 7) is 8.74. The molecule has 0 aromatic heterocycles. The molecule has 0 spiro atoms. The maximum Gasteiger partial charge on any atom is 0.326 e. The van der Waals surface area contributed by atoms with E-state index in [0.717, 1.165) is 0 Å². The fourth-order valence-electron chi connectivity index (χ4n) is 1.04. The normalized spacial score (nSPS) is 12.3. The van der Waals surface area contributed by atoms with Crippen molar-refractivity contribution in [3.63, 3.8) is 0 Å². The fourth-order valence-corrected chi connectivity index (χ4v) is 1.04. The number of nitrogens with zero attached hydrogens (tertiary/aromatic N) is 1. The number of hydrogen-bond donors (Lipinski definition) is 1. The molecule has 0 saturated carbocycles. The lowest BCUT2D eigenvalue weighted by atomic mass is 10.1. The number of hydrogen-bond acceptors (Lipinski definition) is 2. The van der Waals surface area contributed by atoms with Gasteiger partial charge in [0.1, 0.15) is 6.04 Å². The van der Waals surface area contributed by atoms with Gasteiger partial charge in [0.25, 0.3) is 0 Å². The molecule has 0 heterocycles. The Labute approximate surface area is 84.2 Å². The van der Waals surface area contributed by atoms with E-state index in [9.17, 15) is 9.59 Å². The number of carbonyl (C=O) groups is 2. The molecule has 0 aromatic carbocycles. The van der Waals surface area contributed by atoms with Gasteiger partial charge in [-0.05, 0) is 6.92 Å². The highest BCUT2D eigenvalue weighted by Crippen LogP contribution is 2.06. The van der Waals surface area contributed by atoms with Crippen molar-refractivity contribution < 1.29 is 14.7 Å². The molecule has 1 amide bonds. The molecule has 0 aromatic rings. The summed E-state index contributed by atoms with van der Waals surface area (Å²) in [4.78, 5) is 23.6. The summed E-state index contributed by atoms with van der Waals surface area (Å²) in [7, 11) is 0. The molecule has 14 heavy (non-hydrogen) atoms. The molecule has 0 aliphatic heterocycles. The largest absolute Gasteiger partial charge is 0.480 e. The molecule has 0 radical (unpaired) electrons. The highest BCUT2D eigenvalue weighted by molar-refractivity contribution is 5.84. The predicted octanol–water partition coefficient (Wildman–Crippen LogP) is 1.13. The zero-order valence-corrected chi connectivity index (χ0v) is 8.86. The van der Waals surface area contributed by atoms with Crippen LogP contribution >= 0.6 is 0 Å². The minimum absolute atomic E-state index is 0.167. The average Bonchev–Trinajstić information content (AvgIpc) is 2.11. The lowest BCUT2D eigenvalue weighted by Gasteiger charge is -2.26. The third-order valence-electron chi connectivity index (χ3n) is 1.93. The summed E-state index contributed by atoms with van der Waals surface area (Å²) in [6.07, 6.45) is 1.53. The predicted molar refractivity (Wildman–Crippen MR) is 53.8 cm³/mol. The van der Waals surface area contributed by atoms with E-state index < -0.39 is 12.0 Å². The van der Waals surface area contributed by atoms with Crippen molar-refractivity contribution >= 4 is 11.9 Å². The van der Waals surface area contributed by atoms with Gasteiger partial charge in [-0.15, -0.1) is 6.58 Å². The summed E-state index contributed by atoms with van der Waals surface area (Å²) in [5.74, 6) is -1.36. The summed E-state index contributed by atoms with van der Waals surface area (Å²) in [6, 6.07) is -0.803. The van der Waals surface area contributed by atoms with Crippen molar-refractivity contribution in [1.82, 2.24) is 4.90 Å². The second-order valence-electron chi connectivity index (χ2n) is 3.45. The molecule has 4 nitrogen and oxygen atoms in total. The minimum Gasteiger partial charge on any atom is -0.480 e. The topological polar surface area (TPSA) is 57.6 Å². The van der Waals surface area contributed by atoms with Crippen LogP contribution in [0.4, 0.5) is 0 Å². The summed E-state index contributed by atoms with van der Waals surface area (Å²) >= 11 is 0. The van der Waals surface area contributed by atoms with E-state index in [1.807, 2.05) is 0 Å². The van der Waals surface area contributed by atoms with E-state index in [2.05, 4.69) is 6.58 Å². The molecule has 1 N–H and O–H groups in total. The molecule has 0 unspecified atom stereocenters. The molecule has 0 saturated heterocycles. The Bertz CT molecular complexity index is 236. The first-order chi connectivity index (χ1) is 6.41. The van der Waals surface area contributed by atoms with Gasteiger partial charge in [0.05, 0.1) is 0 Å². The van der Waals surface area contributed by atoms with E-state index in [0.29, 0.717) is 0 Å². The SMILES string of the molecule is C=CCN(C(=O)C(C)C)[C@@H](C)C(=O)O. The van der Waals surface area contributed by atoms with Crippen LogP contribution in [0, 0.1) is 5.92 Å². The lowest BCUT2D eigenvalue weighted by molar-refractivity contribution is -0.150. The van der Waals surface area contributed by atoms with Crippen LogP contribution in [0.2, 0.25) is 0 Å². The number of rotatable bonds is 5. The van der Waals surface area contributed by atoms with Gasteiger partial charge < -0.3 is 10.0 Å². The number of carboxylic acid groups (broad SMARTS) is 1. The van der Waals surface area contributed by atoms with Crippen molar-refractivity contribution in [2.24, 2.45) is 5.92 Å². The Hall–Kier alpha value is -1.32. The highest BCUT2D eigenvalue weighted by Gasteiger charge is 2.25. The molecule has 0 bridgehead atoms. The molecule has 0 aliphatic rings. The lowest BCUT2D eigenvalue weighted by Crippen LogP contribution is -2.45. The Morgan fingerprint density at radius 2 is 1.93 bits per heavy atom. The molecule has 1 atom stereocenters. The Morgan fingerprint density at radius 1 is 1.43 bits per heavy atom. The Morgan fingerprint density at radius 3 is 2.21 bits per heavy atom. The molecule has 0 aliphatic carbocycles. The van der Waals surface area contributed by atoms with Crippen LogP contribution in [0.1, 0.15) is 20.8 Å². The van der Waals surface area contributed by atoms with Gasteiger partial charge in [-0.2, -0.15) is 0 Å². The van der Waals surface area contributed by atoms with Crippen LogP contribution in [0.15, 0.2) is 12.7 Å². The first-order valence-electron chi connectivity index (χ1n) is 4.56. The minimum atomic E-state index is -0.999. The summed E-state index contributed by atoms with van der Waals surface area (Å²) in [5.41, 5.74) is 0. The number of aliphatic carboxylic acids is 1. The summed E-state index contributed by atoms with van der Waals surface area (Å²) in [5, 5.41) is 8.78. The first-order valence-corrected chi connectivity index (χ1v) is 4.56. The van der Waals surface area contributed by atoms with Crippen LogP contribution in [0.25, 0.3) is 0 Å². The van der Waals surface area contributed by atoms with E-state index in [-0.39, 0.29) is 18.4 Å². The van der Waals surface area contributed by atoms with Gasteiger partial charge in [-0.1, -0.05) is 19.9 Å².